The monoisotopic (exact) mass is 445 g/mol. The zero-order chi connectivity index (χ0) is 23.3. The molecular formula is C24H39N5O3. The molecule has 0 aromatic carbocycles. The molecule has 1 aromatic heterocycles. The van der Waals surface area contributed by atoms with Crippen molar-refractivity contribution in [2.75, 3.05) is 37.6 Å². The van der Waals surface area contributed by atoms with Crippen LogP contribution in [0.3, 0.4) is 0 Å². The van der Waals surface area contributed by atoms with E-state index in [0.717, 1.165) is 31.7 Å². The number of aromatic nitrogens is 2. The first kappa shape index (κ1) is 22.9. The maximum Gasteiger partial charge on any atom is 0.410 e. The number of piperidine rings is 1. The number of piperazine rings is 1. The molecule has 1 aromatic rings. The number of ether oxygens (including phenoxy) is 1. The molecule has 0 atom stereocenters. The third-order valence-corrected chi connectivity index (χ3v) is 6.83. The molecule has 0 spiro atoms. The van der Waals surface area contributed by atoms with Gasteiger partial charge in [0.05, 0.1) is 11.6 Å². The van der Waals surface area contributed by atoms with Crippen LogP contribution in [0.5, 0.6) is 0 Å². The molecule has 32 heavy (non-hydrogen) atoms. The van der Waals surface area contributed by atoms with Crippen LogP contribution in [-0.4, -0.2) is 75.4 Å². The summed E-state index contributed by atoms with van der Waals surface area (Å²) in [6.07, 6.45) is 4.01. The summed E-state index contributed by atoms with van der Waals surface area (Å²) >= 11 is 0. The Morgan fingerprint density at radius 2 is 1.69 bits per heavy atom. The molecule has 178 valence electrons. The van der Waals surface area contributed by atoms with Crippen molar-refractivity contribution in [1.82, 2.24) is 19.6 Å². The number of rotatable bonds is 3. The molecule has 2 amide bonds. The van der Waals surface area contributed by atoms with E-state index in [0.29, 0.717) is 31.6 Å². The summed E-state index contributed by atoms with van der Waals surface area (Å²) in [6.45, 7) is 15.4. The standard InChI is InChI=1S/C24H39N5O3/c1-17(30)27-13-14-28(24(5,6)16-27)21-15-20(18-7-8-18)29(25-21)19-9-11-26(12-10-19)22(31)32-23(2,3)4/h15,18-19H,7-14,16H2,1-6H3. The molecule has 3 aliphatic rings. The zero-order valence-corrected chi connectivity index (χ0v) is 20.6. The van der Waals surface area contributed by atoms with Crippen LogP contribution in [0.2, 0.25) is 0 Å². The lowest BCUT2D eigenvalue weighted by Gasteiger charge is -2.47. The number of likely N-dealkylation sites (tertiary alicyclic amines) is 1. The second-order valence-electron chi connectivity index (χ2n) is 11.2. The van der Waals surface area contributed by atoms with Crippen molar-refractivity contribution >= 4 is 17.8 Å². The Balaban J connectivity index is 1.48. The number of carbonyl (C=O) groups is 2. The van der Waals surface area contributed by atoms with Crippen molar-refractivity contribution in [1.29, 1.82) is 0 Å². The Labute approximate surface area is 191 Å². The van der Waals surface area contributed by atoms with Gasteiger partial charge in [0.15, 0.2) is 5.82 Å². The molecule has 1 saturated carbocycles. The Kier molecular flexibility index (Phi) is 5.92. The molecule has 0 N–H and O–H groups in total. The van der Waals surface area contributed by atoms with Gasteiger partial charge in [-0.25, -0.2) is 4.79 Å². The van der Waals surface area contributed by atoms with Gasteiger partial charge in [-0.3, -0.25) is 9.48 Å². The third-order valence-electron chi connectivity index (χ3n) is 6.83. The van der Waals surface area contributed by atoms with E-state index in [-0.39, 0.29) is 17.5 Å². The van der Waals surface area contributed by atoms with Crippen molar-refractivity contribution in [3.05, 3.63) is 11.8 Å². The lowest BCUT2D eigenvalue weighted by molar-refractivity contribution is -0.130. The molecule has 3 fully saturated rings. The lowest BCUT2D eigenvalue weighted by Crippen LogP contribution is -2.60. The van der Waals surface area contributed by atoms with Gasteiger partial charge in [-0.15, -0.1) is 0 Å². The second kappa shape index (κ2) is 8.27. The van der Waals surface area contributed by atoms with Gasteiger partial charge in [-0.2, -0.15) is 5.10 Å². The first-order valence-corrected chi connectivity index (χ1v) is 12.1. The summed E-state index contributed by atoms with van der Waals surface area (Å²) in [5.74, 6) is 1.76. The fourth-order valence-electron chi connectivity index (χ4n) is 4.97. The van der Waals surface area contributed by atoms with Gasteiger partial charge in [0, 0.05) is 57.3 Å². The van der Waals surface area contributed by atoms with Crippen LogP contribution >= 0.6 is 0 Å². The molecule has 0 unspecified atom stereocenters. The molecule has 8 nitrogen and oxygen atoms in total. The minimum atomic E-state index is -0.469. The van der Waals surface area contributed by atoms with E-state index in [1.165, 1.54) is 18.5 Å². The summed E-state index contributed by atoms with van der Waals surface area (Å²) in [5, 5.41) is 5.12. The Bertz CT molecular complexity index is 859. The van der Waals surface area contributed by atoms with Crippen molar-refractivity contribution in [3.8, 4) is 0 Å². The number of anilines is 1. The van der Waals surface area contributed by atoms with Crippen LogP contribution in [-0.2, 0) is 9.53 Å². The van der Waals surface area contributed by atoms with Crippen LogP contribution in [0.1, 0.15) is 84.9 Å². The fourth-order valence-corrected chi connectivity index (χ4v) is 4.97. The van der Waals surface area contributed by atoms with Gasteiger partial charge in [0.1, 0.15) is 5.60 Å². The molecule has 0 radical (unpaired) electrons. The van der Waals surface area contributed by atoms with Crippen LogP contribution in [0.25, 0.3) is 0 Å². The first-order valence-electron chi connectivity index (χ1n) is 12.1. The normalized spacial score (nSPS) is 22.2. The number of hydrogen-bond donors (Lipinski definition) is 0. The van der Waals surface area contributed by atoms with E-state index < -0.39 is 5.60 Å². The third kappa shape index (κ3) is 4.89. The van der Waals surface area contributed by atoms with E-state index in [9.17, 15) is 9.59 Å². The first-order chi connectivity index (χ1) is 14.9. The minimum Gasteiger partial charge on any atom is -0.444 e. The van der Waals surface area contributed by atoms with Crippen LogP contribution in [0.4, 0.5) is 10.6 Å². The largest absolute Gasteiger partial charge is 0.444 e. The predicted octanol–water partition coefficient (Wildman–Crippen LogP) is 3.78. The van der Waals surface area contributed by atoms with Crippen molar-refractivity contribution < 1.29 is 14.3 Å². The van der Waals surface area contributed by atoms with Gasteiger partial charge < -0.3 is 19.4 Å². The van der Waals surface area contributed by atoms with E-state index in [1.807, 2.05) is 30.6 Å². The maximum atomic E-state index is 12.4. The van der Waals surface area contributed by atoms with Gasteiger partial charge in [-0.1, -0.05) is 0 Å². The summed E-state index contributed by atoms with van der Waals surface area (Å²) < 4.78 is 7.81. The molecular weight excluding hydrogens is 406 g/mol. The quantitative estimate of drug-likeness (QED) is 0.708. The number of nitrogens with zero attached hydrogens (tertiary/aromatic N) is 5. The van der Waals surface area contributed by atoms with Crippen LogP contribution in [0.15, 0.2) is 6.07 Å². The smallest absolute Gasteiger partial charge is 0.410 e. The van der Waals surface area contributed by atoms with Crippen molar-refractivity contribution in [2.45, 2.75) is 90.3 Å². The maximum absolute atomic E-state index is 12.4. The second-order valence-corrected chi connectivity index (χ2v) is 11.2. The summed E-state index contributed by atoms with van der Waals surface area (Å²) in [6, 6.07) is 2.59. The van der Waals surface area contributed by atoms with Gasteiger partial charge in [-0.05, 0) is 60.3 Å². The number of carbonyl (C=O) groups excluding carboxylic acids is 2. The van der Waals surface area contributed by atoms with Gasteiger partial charge in [0.2, 0.25) is 5.91 Å². The minimum absolute atomic E-state index is 0.138. The molecule has 0 bridgehead atoms. The van der Waals surface area contributed by atoms with E-state index >= 15 is 0 Å². The van der Waals surface area contributed by atoms with Crippen LogP contribution in [0, 0.1) is 0 Å². The topological polar surface area (TPSA) is 70.9 Å². The number of hydrogen-bond acceptors (Lipinski definition) is 5. The molecule has 1 aliphatic carbocycles. The summed E-state index contributed by atoms with van der Waals surface area (Å²) in [4.78, 5) is 30.5. The van der Waals surface area contributed by atoms with Gasteiger partial charge in [0.25, 0.3) is 0 Å². The SMILES string of the molecule is CC(=O)N1CCN(c2cc(C3CC3)n(C3CCN(C(=O)OC(C)(C)C)CC3)n2)C(C)(C)C1. The van der Waals surface area contributed by atoms with Gasteiger partial charge >= 0.3 is 6.09 Å². The zero-order valence-electron chi connectivity index (χ0n) is 20.6. The van der Waals surface area contributed by atoms with E-state index in [2.05, 4.69) is 29.5 Å². The molecule has 8 heteroatoms. The highest BCUT2D eigenvalue weighted by molar-refractivity contribution is 5.74. The molecule has 3 heterocycles. The molecule has 2 saturated heterocycles. The van der Waals surface area contributed by atoms with Crippen LogP contribution < -0.4 is 4.90 Å². The summed E-state index contributed by atoms with van der Waals surface area (Å²) in [5.41, 5.74) is 0.702. The van der Waals surface area contributed by atoms with E-state index in [1.54, 1.807) is 6.92 Å². The van der Waals surface area contributed by atoms with Crippen molar-refractivity contribution in [2.24, 2.45) is 0 Å². The van der Waals surface area contributed by atoms with E-state index in [4.69, 9.17) is 9.84 Å². The highest BCUT2D eigenvalue weighted by atomic mass is 16.6. The highest BCUT2D eigenvalue weighted by Gasteiger charge is 2.39. The summed E-state index contributed by atoms with van der Waals surface area (Å²) in [7, 11) is 0. The predicted molar refractivity (Wildman–Crippen MR) is 124 cm³/mol. The fraction of sp³-hybridized carbons (Fsp3) is 0.792. The molecule has 2 aliphatic heterocycles. The lowest BCUT2D eigenvalue weighted by atomic mass is 9.98. The Morgan fingerprint density at radius 1 is 1.03 bits per heavy atom. The average Bonchev–Trinajstić information content (AvgIpc) is 3.45. The average molecular weight is 446 g/mol. The highest BCUT2D eigenvalue weighted by Crippen LogP contribution is 2.44. The Morgan fingerprint density at radius 3 is 2.22 bits per heavy atom. The Hall–Kier alpha value is -2.25. The van der Waals surface area contributed by atoms with Crippen molar-refractivity contribution in [3.63, 3.8) is 0 Å². The number of amides is 2. The molecule has 4 rings (SSSR count).